The predicted octanol–water partition coefficient (Wildman–Crippen LogP) is 3.15. The van der Waals surface area contributed by atoms with E-state index in [1.54, 1.807) is 65.8 Å². The number of rotatable bonds is 12. The number of halogens is 1. The zero-order valence-electron chi connectivity index (χ0n) is 20.2. The molecule has 1 aromatic carbocycles. The summed E-state index contributed by atoms with van der Waals surface area (Å²) in [5.74, 6) is -2.27. The first-order valence-corrected chi connectivity index (χ1v) is 11.5. The fraction of sp³-hybridized carbons (Fsp3) is 0.583. The van der Waals surface area contributed by atoms with Crippen molar-refractivity contribution in [1.82, 2.24) is 10.6 Å². The molecular formula is C24H35ClN2O6. The van der Waals surface area contributed by atoms with Crippen molar-refractivity contribution >= 4 is 35.4 Å². The summed E-state index contributed by atoms with van der Waals surface area (Å²) in [5, 5.41) is 5.99. The van der Waals surface area contributed by atoms with Crippen LogP contribution in [0.1, 0.15) is 59.9 Å². The van der Waals surface area contributed by atoms with E-state index in [9.17, 15) is 19.2 Å². The Kier molecular flexibility index (Phi) is 11.4. The van der Waals surface area contributed by atoms with Gasteiger partial charge in [0.2, 0.25) is 11.8 Å². The van der Waals surface area contributed by atoms with Crippen LogP contribution >= 0.6 is 11.6 Å². The van der Waals surface area contributed by atoms with Gasteiger partial charge in [-0.05, 0) is 57.7 Å². The van der Waals surface area contributed by atoms with Gasteiger partial charge in [0, 0.05) is 11.4 Å². The smallest absolute Gasteiger partial charge is 0.328 e. The molecule has 1 aromatic rings. The zero-order chi connectivity index (χ0) is 25.2. The second kappa shape index (κ2) is 13.2. The van der Waals surface area contributed by atoms with E-state index >= 15 is 0 Å². The Morgan fingerprint density at radius 1 is 0.970 bits per heavy atom. The third kappa shape index (κ3) is 8.68. The minimum Gasteiger partial charge on any atom is -0.466 e. The molecule has 33 heavy (non-hydrogen) atoms. The van der Waals surface area contributed by atoms with Crippen LogP contribution in [0, 0.1) is 5.92 Å². The number of benzene rings is 1. The Morgan fingerprint density at radius 2 is 1.55 bits per heavy atom. The molecular weight excluding hydrogens is 448 g/mol. The van der Waals surface area contributed by atoms with Crippen molar-refractivity contribution in [2.75, 3.05) is 13.2 Å². The second-order valence-corrected chi connectivity index (χ2v) is 8.92. The fourth-order valence-electron chi connectivity index (χ4n) is 3.10. The standard InChI is InChI=1S/C24H35ClN2O6/c1-7-32-19(28)14-13-18(22(30)33-8-2)26-21(29)20(15(3)4)27-23(31)24(5,6)16-9-11-17(25)12-10-16/h9-12,15,18,20H,7-8,13-14H2,1-6H3,(H,26,29)(H,27,31)/t18-,20+/m1/s1. The summed E-state index contributed by atoms with van der Waals surface area (Å²) in [5.41, 5.74) is -0.186. The maximum atomic E-state index is 13.1. The molecule has 0 saturated carbocycles. The van der Waals surface area contributed by atoms with Crippen molar-refractivity contribution in [3.63, 3.8) is 0 Å². The van der Waals surface area contributed by atoms with Crippen molar-refractivity contribution in [1.29, 1.82) is 0 Å². The largest absolute Gasteiger partial charge is 0.466 e. The number of hydrogen-bond acceptors (Lipinski definition) is 6. The highest BCUT2D eigenvalue weighted by Gasteiger charge is 2.35. The van der Waals surface area contributed by atoms with Crippen LogP contribution in [0.5, 0.6) is 0 Å². The lowest BCUT2D eigenvalue weighted by atomic mass is 9.83. The Labute approximate surface area is 200 Å². The van der Waals surface area contributed by atoms with Crippen molar-refractivity contribution in [3.8, 4) is 0 Å². The summed E-state index contributed by atoms with van der Waals surface area (Å²) in [7, 11) is 0. The summed E-state index contributed by atoms with van der Waals surface area (Å²) < 4.78 is 9.93. The van der Waals surface area contributed by atoms with Gasteiger partial charge in [0.25, 0.3) is 0 Å². The Hall–Kier alpha value is -2.61. The van der Waals surface area contributed by atoms with E-state index in [0.717, 1.165) is 5.56 Å². The number of carbonyl (C=O) groups excluding carboxylic acids is 4. The first-order chi connectivity index (χ1) is 15.4. The second-order valence-electron chi connectivity index (χ2n) is 8.48. The summed E-state index contributed by atoms with van der Waals surface area (Å²) in [6.07, 6.45) is -0.0294. The Bertz CT molecular complexity index is 823. The van der Waals surface area contributed by atoms with Crippen LogP contribution in [-0.4, -0.2) is 49.1 Å². The van der Waals surface area contributed by atoms with Gasteiger partial charge in [-0.1, -0.05) is 37.6 Å². The topological polar surface area (TPSA) is 111 Å². The molecule has 9 heteroatoms. The molecule has 0 aliphatic heterocycles. The van der Waals surface area contributed by atoms with Gasteiger partial charge in [0.15, 0.2) is 0 Å². The first kappa shape index (κ1) is 28.4. The third-order valence-electron chi connectivity index (χ3n) is 5.20. The van der Waals surface area contributed by atoms with Gasteiger partial charge in [0.05, 0.1) is 18.6 Å². The van der Waals surface area contributed by atoms with Gasteiger partial charge in [-0.15, -0.1) is 0 Å². The quantitative estimate of drug-likeness (QED) is 0.443. The van der Waals surface area contributed by atoms with Crippen LogP contribution in [0.25, 0.3) is 0 Å². The average Bonchev–Trinajstić information content (AvgIpc) is 2.74. The highest BCUT2D eigenvalue weighted by atomic mass is 35.5. The molecule has 0 fully saturated rings. The SMILES string of the molecule is CCOC(=O)CC[C@@H](NC(=O)[C@@H](NC(=O)C(C)(C)c1ccc(Cl)cc1)C(C)C)C(=O)OCC. The van der Waals surface area contributed by atoms with E-state index in [-0.39, 0.29) is 37.9 Å². The van der Waals surface area contributed by atoms with E-state index < -0.39 is 35.3 Å². The summed E-state index contributed by atoms with van der Waals surface area (Å²) in [4.78, 5) is 50.2. The molecule has 0 saturated heterocycles. The number of esters is 2. The van der Waals surface area contributed by atoms with Crippen molar-refractivity contribution in [3.05, 3.63) is 34.9 Å². The van der Waals surface area contributed by atoms with E-state index in [2.05, 4.69) is 10.6 Å². The molecule has 0 bridgehead atoms. The van der Waals surface area contributed by atoms with E-state index in [0.29, 0.717) is 5.02 Å². The normalized spacial score (nSPS) is 13.1. The van der Waals surface area contributed by atoms with Crippen molar-refractivity contribution < 1.29 is 28.7 Å². The molecule has 184 valence electrons. The molecule has 0 aliphatic carbocycles. The molecule has 8 nitrogen and oxygen atoms in total. The van der Waals surface area contributed by atoms with Gasteiger partial charge in [0.1, 0.15) is 12.1 Å². The summed E-state index contributed by atoms with van der Waals surface area (Å²) >= 11 is 5.95. The molecule has 0 unspecified atom stereocenters. The molecule has 0 spiro atoms. The van der Waals surface area contributed by atoms with Crippen LogP contribution in [0.15, 0.2) is 24.3 Å². The highest BCUT2D eigenvalue weighted by Crippen LogP contribution is 2.25. The number of carbonyl (C=O) groups is 4. The summed E-state index contributed by atoms with van der Waals surface area (Å²) in [6.45, 7) is 10.8. The molecule has 0 heterocycles. The van der Waals surface area contributed by atoms with Gasteiger partial charge < -0.3 is 20.1 Å². The summed E-state index contributed by atoms with van der Waals surface area (Å²) in [6, 6.07) is 4.99. The molecule has 0 aliphatic rings. The van der Waals surface area contributed by atoms with Gasteiger partial charge >= 0.3 is 11.9 Å². The van der Waals surface area contributed by atoms with E-state index in [4.69, 9.17) is 21.1 Å². The van der Waals surface area contributed by atoms with Gasteiger partial charge in [-0.25, -0.2) is 4.79 Å². The number of ether oxygens (including phenoxy) is 2. The molecule has 2 atom stereocenters. The molecule has 0 aromatic heterocycles. The third-order valence-corrected chi connectivity index (χ3v) is 5.45. The van der Waals surface area contributed by atoms with Crippen LogP contribution in [0.4, 0.5) is 0 Å². The van der Waals surface area contributed by atoms with Crippen molar-refractivity contribution in [2.45, 2.75) is 71.9 Å². The van der Waals surface area contributed by atoms with Crippen LogP contribution in [0.2, 0.25) is 5.02 Å². The number of nitrogens with one attached hydrogen (secondary N) is 2. The predicted molar refractivity (Wildman–Crippen MR) is 126 cm³/mol. The van der Waals surface area contributed by atoms with Crippen molar-refractivity contribution in [2.24, 2.45) is 5.92 Å². The number of hydrogen-bond donors (Lipinski definition) is 2. The molecule has 1 rings (SSSR count). The van der Waals surface area contributed by atoms with Crippen LogP contribution < -0.4 is 10.6 Å². The maximum Gasteiger partial charge on any atom is 0.328 e. The molecule has 2 N–H and O–H groups in total. The fourth-order valence-corrected chi connectivity index (χ4v) is 3.23. The van der Waals surface area contributed by atoms with Gasteiger partial charge in [-0.3, -0.25) is 14.4 Å². The molecule has 2 amide bonds. The molecule has 0 radical (unpaired) electrons. The monoisotopic (exact) mass is 482 g/mol. The van der Waals surface area contributed by atoms with Gasteiger partial charge in [-0.2, -0.15) is 0 Å². The first-order valence-electron chi connectivity index (χ1n) is 11.1. The van der Waals surface area contributed by atoms with E-state index in [1.165, 1.54) is 0 Å². The highest BCUT2D eigenvalue weighted by molar-refractivity contribution is 6.30. The lowest BCUT2D eigenvalue weighted by Crippen LogP contribution is -2.56. The zero-order valence-corrected chi connectivity index (χ0v) is 21.0. The van der Waals surface area contributed by atoms with Crippen LogP contribution in [0.3, 0.4) is 0 Å². The van der Waals surface area contributed by atoms with E-state index in [1.807, 2.05) is 0 Å². The number of amides is 2. The van der Waals surface area contributed by atoms with Crippen LogP contribution in [-0.2, 0) is 34.1 Å². The Morgan fingerprint density at radius 3 is 2.06 bits per heavy atom. The maximum absolute atomic E-state index is 13.1. The Balaban J connectivity index is 2.97. The minimum absolute atomic E-state index is 0.0262. The minimum atomic E-state index is -1.04. The lowest BCUT2D eigenvalue weighted by Gasteiger charge is -2.30. The average molecular weight is 483 g/mol. The lowest BCUT2D eigenvalue weighted by molar-refractivity contribution is -0.149.